The van der Waals surface area contributed by atoms with Crippen LogP contribution in [-0.4, -0.2) is 76.9 Å². The molecule has 11 heteroatoms. The van der Waals surface area contributed by atoms with Crippen LogP contribution in [0.2, 0.25) is 0 Å². The summed E-state index contributed by atoms with van der Waals surface area (Å²) in [6, 6.07) is -3.79. The number of hydrogen-bond donors (Lipinski definition) is 7. The van der Waals surface area contributed by atoms with Gasteiger partial charge >= 0.3 is 5.97 Å². The summed E-state index contributed by atoms with van der Waals surface area (Å²) in [6.07, 6.45) is 0. The molecule has 0 saturated heterocycles. The topological polar surface area (TPSA) is 191 Å². The number of rotatable bonds is 10. The molecule has 0 aliphatic rings. The molecular formula is C13H24N4O7. The fraction of sp³-hybridized carbons (Fsp3) is 0.692. The van der Waals surface area contributed by atoms with Crippen LogP contribution in [-0.2, 0) is 19.2 Å². The molecule has 24 heavy (non-hydrogen) atoms. The number of hydrogen-bond acceptors (Lipinski definition) is 7. The number of nitrogens with two attached hydrogens (primary N) is 1. The van der Waals surface area contributed by atoms with E-state index in [0.717, 1.165) is 0 Å². The summed E-state index contributed by atoms with van der Waals surface area (Å²) in [6.45, 7) is 1.35. The van der Waals surface area contributed by atoms with Gasteiger partial charge in [0.05, 0.1) is 25.8 Å². The maximum Gasteiger partial charge on any atom is 0.328 e. The summed E-state index contributed by atoms with van der Waals surface area (Å²) < 4.78 is 0. The lowest BCUT2D eigenvalue weighted by atomic mass is 10.1. The maximum absolute atomic E-state index is 11.8. The highest BCUT2D eigenvalue weighted by Gasteiger charge is 2.26. The van der Waals surface area contributed by atoms with E-state index in [1.54, 1.807) is 13.8 Å². The minimum absolute atomic E-state index is 0.129. The van der Waals surface area contributed by atoms with Gasteiger partial charge < -0.3 is 37.0 Å². The van der Waals surface area contributed by atoms with E-state index >= 15 is 0 Å². The lowest BCUT2D eigenvalue weighted by Crippen LogP contribution is -2.55. The lowest BCUT2D eigenvalue weighted by Gasteiger charge is -2.19. The Hall–Kier alpha value is -2.24. The number of carbonyl (C=O) groups excluding carboxylic acids is 3. The van der Waals surface area contributed by atoms with E-state index in [-0.39, 0.29) is 5.92 Å². The van der Waals surface area contributed by atoms with E-state index in [1.165, 1.54) is 0 Å². The first-order valence-electron chi connectivity index (χ1n) is 7.21. The van der Waals surface area contributed by atoms with E-state index in [9.17, 15) is 19.2 Å². The molecule has 3 atom stereocenters. The van der Waals surface area contributed by atoms with E-state index in [4.69, 9.17) is 21.1 Å². The summed E-state index contributed by atoms with van der Waals surface area (Å²) in [4.78, 5) is 45.7. The molecule has 0 bridgehead atoms. The smallest absolute Gasteiger partial charge is 0.328 e. The second-order valence-corrected chi connectivity index (χ2v) is 5.37. The first kappa shape index (κ1) is 21.8. The minimum Gasteiger partial charge on any atom is -0.480 e. The van der Waals surface area contributed by atoms with Crippen LogP contribution in [0.3, 0.4) is 0 Å². The summed E-state index contributed by atoms with van der Waals surface area (Å²) >= 11 is 0. The molecule has 0 saturated carbocycles. The van der Waals surface area contributed by atoms with E-state index in [0.29, 0.717) is 0 Å². The van der Waals surface area contributed by atoms with Crippen molar-refractivity contribution in [2.45, 2.75) is 32.0 Å². The van der Waals surface area contributed by atoms with Crippen LogP contribution in [0.15, 0.2) is 0 Å². The maximum atomic E-state index is 11.8. The molecule has 0 aliphatic heterocycles. The first-order chi connectivity index (χ1) is 11.1. The molecule has 0 rings (SSSR count). The van der Waals surface area contributed by atoms with Crippen molar-refractivity contribution < 1.29 is 34.5 Å². The van der Waals surface area contributed by atoms with Gasteiger partial charge in [-0.1, -0.05) is 13.8 Å². The van der Waals surface area contributed by atoms with Gasteiger partial charge in [-0.25, -0.2) is 4.79 Å². The Kier molecular flexibility index (Phi) is 9.54. The third kappa shape index (κ3) is 7.35. The number of carboxylic acid groups (broad SMARTS) is 1. The molecule has 0 spiro atoms. The molecule has 0 radical (unpaired) electrons. The van der Waals surface area contributed by atoms with Crippen molar-refractivity contribution in [3.63, 3.8) is 0 Å². The van der Waals surface area contributed by atoms with Crippen LogP contribution in [0.25, 0.3) is 0 Å². The van der Waals surface area contributed by atoms with Crippen molar-refractivity contribution in [2.75, 3.05) is 19.8 Å². The lowest BCUT2D eigenvalue weighted by molar-refractivity contribution is -0.143. The fourth-order valence-electron chi connectivity index (χ4n) is 1.49. The number of carbonyl (C=O) groups is 4. The normalized spacial score (nSPS) is 14.4. The second kappa shape index (κ2) is 10.5. The number of nitrogens with one attached hydrogen (secondary N) is 3. The highest BCUT2D eigenvalue weighted by Crippen LogP contribution is 1.97. The van der Waals surface area contributed by atoms with Gasteiger partial charge in [0.25, 0.3) is 0 Å². The van der Waals surface area contributed by atoms with Crippen molar-refractivity contribution in [1.82, 2.24) is 16.0 Å². The fourth-order valence-corrected chi connectivity index (χ4v) is 1.49. The van der Waals surface area contributed by atoms with Crippen LogP contribution in [0.1, 0.15) is 13.8 Å². The summed E-state index contributed by atoms with van der Waals surface area (Å²) in [5.74, 6) is -3.91. The van der Waals surface area contributed by atoms with Crippen LogP contribution >= 0.6 is 0 Å². The van der Waals surface area contributed by atoms with Gasteiger partial charge in [-0.05, 0) is 5.92 Å². The summed E-state index contributed by atoms with van der Waals surface area (Å²) in [7, 11) is 0. The Morgan fingerprint density at radius 2 is 1.50 bits per heavy atom. The van der Waals surface area contributed by atoms with Crippen LogP contribution in [0.4, 0.5) is 0 Å². The number of aliphatic hydroxyl groups is 2. The highest BCUT2D eigenvalue weighted by atomic mass is 16.4. The molecule has 3 unspecified atom stereocenters. The van der Waals surface area contributed by atoms with Crippen molar-refractivity contribution in [2.24, 2.45) is 11.7 Å². The van der Waals surface area contributed by atoms with Gasteiger partial charge in [-0.3, -0.25) is 14.4 Å². The summed E-state index contributed by atoms with van der Waals surface area (Å²) in [5.41, 5.74) is 5.59. The molecule has 0 aromatic rings. The zero-order valence-electron chi connectivity index (χ0n) is 13.5. The van der Waals surface area contributed by atoms with Gasteiger partial charge in [-0.15, -0.1) is 0 Å². The number of amides is 3. The predicted octanol–water partition coefficient (Wildman–Crippen LogP) is -3.88. The molecule has 0 fully saturated rings. The van der Waals surface area contributed by atoms with Gasteiger partial charge in [0, 0.05) is 0 Å². The van der Waals surface area contributed by atoms with Crippen molar-refractivity contribution in [3.8, 4) is 0 Å². The van der Waals surface area contributed by atoms with Crippen LogP contribution in [0, 0.1) is 5.92 Å². The third-order valence-corrected chi connectivity index (χ3v) is 3.08. The number of aliphatic carboxylic acids is 1. The largest absolute Gasteiger partial charge is 0.480 e. The van der Waals surface area contributed by atoms with Gasteiger partial charge in [0.1, 0.15) is 12.1 Å². The van der Waals surface area contributed by atoms with E-state index < -0.39 is 61.6 Å². The molecule has 0 aromatic heterocycles. The molecule has 138 valence electrons. The van der Waals surface area contributed by atoms with Gasteiger partial charge in [0.2, 0.25) is 17.7 Å². The quantitative estimate of drug-likeness (QED) is 0.208. The SMILES string of the molecule is CC(C)C(N)C(=O)NCC(=O)NC(CO)C(=O)NC(CO)C(=O)O. The molecule has 8 N–H and O–H groups in total. The van der Waals surface area contributed by atoms with Gasteiger partial charge in [0.15, 0.2) is 0 Å². The number of carboxylic acids is 1. The molecule has 3 amide bonds. The van der Waals surface area contributed by atoms with Crippen molar-refractivity contribution in [3.05, 3.63) is 0 Å². The van der Waals surface area contributed by atoms with E-state index in [2.05, 4.69) is 10.6 Å². The average molecular weight is 348 g/mol. The molecular weight excluding hydrogens is 324 g/mol. The molecule has 0 aliphatic carbocycles. The van der Waals surface area contributed by atoms with Crippen LogP contribution in [0.5, 0.6) is 0 Å². The molecule has 0 heterocycles. The Balaban J connectivity index is 4.50. The summed E-state index contributed by atoms with van der Waals surface area (Å²) in [5, 5.41) is 33.0. The standard InChI is InChI=1S/C13H24N4O7/c1-6(2)10(14)12(22)15-3-9(20)16-7(4-18)11(21)17-8(5-19)13(23)24/h6-8,10,18-19H,3-5,14H2,1-2H3,(H,15,22)(H,16,20)(H,17,21)(H,23,24). The first-order valence-corrected chi connectivity index (χ1v) is 7.21. The number of aliphatic hydroxyl groups excluding tert-OH is 2. The highest BCUT2D eigenvalue weighted by molar-refractivity contribution is 5.92. The monoisotopic (exact) mass is 348 g/mol. The van der Waals surface area contributed by atoms with Crippen molar-refractivity contribution in [1.29, 1.82) is 0 Å². The Morgan fingerprint density at radius 3 is 1.92 bits per heavy atom. The second-order valence-electron chi connectivity index (χ2n) is 5.37. The molecule has 0 aromatic carbocycles. The zero-order chi connectivity index (χ0) is 18.9. The Morgan fingerprint density at radius 1 is 0.958 bits per heavy atom. The molecule has 11 nitrogen and oxygen atoms in total. The Bertz CT molecular complexity index is 469. The predicted molar refractivity (Wildman–Crippen MR) is 81.5 cm³/mol. The van der Waals surface area contributed by atoms with Gasteiger partial charge in [-0.2, -0.15) is 0 Å². The minimum atomic E-state index is -1.56. The third-order valence-electron chi connectivity index (χ3n) is 3.08. The van der Waals surface area contributed by atoms with Crippen LogP contribution < -0.4 is 21.7 Å². The Labute approximate surface area is 138 Å². The van der Waals surface area contributed by atoms with Crippen molar-refractivity contribution >= 4 is 23.7 Å². The zero-order valence-corrected chi connectivity index (χ0v) is 13.5. The average Bonchev–Trinajstić information content (AvgIpc) is 2.53. The van der Waals surface area contributed by atoms with E-state index in [1.807, 2.05) is 5.32 Å².